The zero-order chi connectivity index (χ0) is 17.3. The van der Waals surface area contributed by atoms with Gasteiger partial charge in [0.25, 0.3) is 5.91 Å². The van der Waals surface area contributed by atoms with Gasteiger partial charge < -0.3 is 10.6 Å². The first-order chi connectivity index (χ1) is 11.4. The summed E-state index contributed by atoms with van der Waals surface area (Å²) in [4.78, 5) is 25.3. The Labute approximate surface area is 153 Å². The van der Waals surface area contributed by atoms with E-state index in [1.54, 1.807) is 12.1 Å². The summed E-state index contributed by atoms with van der Waals surface area (Å²) < 4.78 is 1.00. The van der Waals surface area contributed by atoms with Crippen molar-refractivity contribution >= 4 is 45.2 Å². The third-order valence-corrected chi connectivity index (χ3v) is 5.60. The van der Waals surface area contributed by atoms with Crippen LogP contribution in [-0.4, -0.2) is 17.1 Å². The summed E-state index contributed by atoms with van der Waals surface area (Å²) >= 11 is 4.91. The SMILES string of the molecule is CC1Sc2ccc(C(=O)NC(C)c3ccc(Br)cc3)cc2NC1=O. The van der Waals surface area contributed by atoms with E-state index in [0.717, 1.165) is 14.9 Å². The minimum Gasteiger partial charge on any atom is -0.346 e. The van der Waals surface area contributed by atoms with Crippen molar-refractivity contribution in [1.82, 2.24) is 5.32 Å². The van der Waals surface area contributed by atoms with Crippen molar-refractivity contribution in [3.05, 3.63) is 58.1 Å². The van der Waals surface area contributed by atoms with Crippen LogP contribution in [0.2, 0.25) is 0 Å². The molecule has 0 bridgehead atoms. The van der Waals surface area contributed by atoms with Crippen molar-refractivity contribution < 1.29 is 9.59 Å². The molecule has 1 aliphatic heterocycles. The summed E-state index contributed by atoms with van der Waals surface area (Å²) in [6.07, 6.45) is 0. The van der Waals surface area contributed by atoms with E-state index in [4.69, 9.17) is 0 Å². The highest BCUT2D eigenvalue weighted by atomic mass is 79.9. The third-order valence-electron chi connectivity index (χ3n) is 3.89. The molecular weight excluding hydrogens is 388 g/mol. The molecule has 0 radical (unpaired) electrons. The molecule has 1 aliphatic rings. The average molecular weight is 405 g/mol. The van der Waals surface area contributed by atoms with Crippen molar-refractivity contribution in [1.29, 1.82) is 0 Å². The van der Waals surface area contributed by atoms with Crippen molar-refractivity contribution in [2.75, 3.05) is 5.32 Å². The molecule has 24 heavy (non-hydrogen) atoms. The smallest absolute Gasteiger partial charge is 0.251 e. The molecule has 2 atom stereocenters. The van der Waals surface area contributed by atoms with Crippen LogP contribution in [0, 0.1) is 0 Å². The van der Waals surface area contributed by atoms with Crippen LogP contribution in [-0.2, 0) is 4.79 Å². The monoisotopic (exact) mass is 404 g/mol. The number of nitrogens with one attached hydrogen (secondary N) is 2. The van der Waals surface area contributed by atoms with Gasteiger partial charge in [-0.3, -0.25) is 9.59 Å². The molecule has 0 fully saturated rings. The van der Waals surface area contributed by atoms with Gasteiger partial charge in [-0.05, 0) is 49.7 Å². The topological polar surface area (TPSA) is 58.2 Å². The fourth-order valence-electron chi connectivity index (χ4n) is 2.46. The largest absolute Gasteiger partial charge is 0.346 e. The van der Waals surface area contributed by atoms with Gasteiger partial charge in [-0.2, -0.15) is 0 Å². The van der Waals surface area contributed by atoms with Gasteiger partial charge in [-0.15, -0.1) is 11.8 Å². The first-order valence-corrected chi connectivity index (χ1v) is 9.29. The molecule has 1 heterocycles. The van der Waals surface area contributed by atoms with Crippen LogP contribution < -0.4 is 10.6 Å². The number of benzene rings is 2. The molecule has 0 aliphatic carbocycles. The third kappa shape index (κ3) is 3.65. The summed E-state index contributed by atoms with van der Waals surface area (Å²) in [5.41, 5.74) is 2.27. The molecule has 0 saturated carbocycles. The van der Waals surface area contributed by atoms with Crippen molar-refractivity contribution in [3.63, 3.8) is 0 Å². The van der Waals surface area contributed by atoms with E-state index in [9.17, 15) is 9.59 Å². The van der Waals surface area contributed by atoms with Gasteiger partial charge in [-0.1, -0.05) is 28.1 Å². The summed E-state index contributed by atoms with van der Waals surface area (Å²) in [6.45, 7) is 3.81. The number of fused-ring (bicyclic) bond motifs is 1. The minimum atomic E-state index is -0.161. The lowest BCUT2D eigenvalue weighted by Gasteiger charge is -2.22. The highest BCUT2D eigenvalue weighted by Crippen LogP contribution is 2.36. The number of carbonyl (C=O) groups excluding carboxylic acids is 2. The molecule has 4 nitrogen and oxygen atoms in total. The van der Waals surface area contributed by atoms with Gasteiger partial charge in [0, 0.05) is 14.9 Å². The predicted molar refractivity (Wildman–Crippen MR) is 100 cm³/mol. The van der Waals surface area contributed by atoms with E-state index in [-0.39, 0.29) is 23.1 Å². The summed E-state index contributed by atoms with van der Waals surface area (Å²) in [7, 11) is 0. The molecule has 2 aromatic carbocycles. The highest BCUT2D eigenvalue weighted by molar-refractivity contribution is 9.10. The number of hydrogen-bond acceptors (Lipinski definition) is 3. The van der Waals surface area contributed by atoms with E-state index in [0.29, 0.717) is 11.3 Å². The fraction of sp³-hybridized carbons (Fsp3) is 0.222. The Balaban J connectivity index is 1.75. The predicted octanol–water partition coefficient (Wildman–Crippen LogP) is 4.37. The summed E-state index contributed by atoms with van der Waals surface area (Å²) in [5.74, 6) is -0.195. The molecule has 124 valence electrons. The number of carbonyl (C=O) groups is 2. The van der Waals surface area contributed by atoms with E-state index in [2.05, 4.69) is 26.6 Å². The number of hydrogen-bond donors (Lipinski definition) is 2. The van der Waals surface area contributed by atoms with Gasteiger partial charge >= 0.3 is 0 Å². The van der Waals surface area contributed by atoms with E-state index >= 15 is 0 Å². The van der Waals surface area contributed by atoms with Gasteiger partial charge in [0.1, 0.15) is 0 Å². The Bertz CT molecular complexity index is 792. The second-order valence-corrected chi connectivity index (χ2v) is 8.01. The van der Waals surface area contributed by atoms with Crippen LogP contribution in [0.1, 0.15) is 35.8 Å². The van der Waals surface area contributed by atoms with Crippen molar-refractivity contribution in [2.45, 2.75) is 30.0 Å². The lowest BCUT2D eigenvalue weighted by Crippen LogP contribution is -2.28. The van der Waals surface area contributed by atoms with Crippen molar-refractivity contribution in [2.24, 2.45) is 0 Å². The lowest BCUT2D eigenvalue weighted by molar-refractivity contribution is -0.115. The Morgan fingerprint density at radius 2 is 1.96 bits per heavy atom. The highest BCUT2D eigenvalue weighted by Gasteiger charge is 2.24. The molecule has 3 rings (SSSR count). The van der Waals surface area contributed by atoms with E-state index < -0.39 is 0 Å². The Hall–Kier alpha value is -1.79. The number of anilines is 1. The second-order valence-electron chi connectivity index (χ2n) is 5.71. The quantitative estimate of drug-likeness (QED) is 0.797. The maximum Gasteiger partial charge on any atom is 0.251 e. The van der Waals surface area contributed by atoms with Crippen molar-refractivity contribution in [3.8, 4) is 0 Å². The number of rotatable bonds is 3. The first kappa shape index (κ1) is 17.0. The van der Waals surface area contributed by atoms with Gasteiger partial charge in [-0.25, -0.2) is 0 Å². The van der Waals surface area contributed by atoms with Crippen LogP contribution in [0.3, 0.4) is 0 Å². The molecule has 0 saturated heterocycles. The maximum absolute atomic E-state index is 12.5. The van der Waals surface area contributed by atoms with Crippen LogP contribution in [0.25, 0.3) is 0 Å². The first-order valence-electron chi connectivity index (χ1n) is 7.62. The molecule has 2 N–H and O–H groups in total. The van der Waals surface area contributed by atoms with Gasteiger partial charge in [0.05, 0.1) is 17.0 Å². The van der Waals surface area contributed by atoms with Crippen LogP contribution >= 0.6 is 27.7 Å². The molecule has 2 aromatic rings. The summed E-state index contributed by atoms with van der Waals surface area (Å²) in [6, 6.07) is 13.1. The molecule has 0 aromatic heterocycles. The zero-order valence-corrected chi connectivity index (χ0v) is 15.7. The van der Waals surface area contributed by atoms with Gasteiger partial charge in [0.2, 0.25) is 5.91 Å². The fourth-order valence-corrected chi connectivity index (χ4v) is 3.66. The Morgan fingerprint density at radius 1 is 1.25 bits per heavy atom. The normalized spacial score (nSPS) is 17.6. The van der Waals surface area contributed by atoms with E-state index in [1.165, 1.54) is 11.8 Å². The minimum absolute atomic E-state index is 0.0340. The number of thioether (sulfide) groups is 1. The molecule has 2 amide bonds. The van der Waals surface area contributed by atoms with E-state index in [1.807, 2.05) is 44.2 Å². The number of amides is 2. The molecule has 2 unspecified atom stereocenters. The summed E-state index contributed by atoms with van der Waals surface area (Å²) in [5, 5.41) is 5.72. The standard InChI is InChI=1S/C18H17BrN2O2S/c1-10(12-3-6-14(19)7-4-12)20-18(23)13-5-8-16-15(9-13)21-17(22)11(2)24-16/h3-11H,1-2H3,(H,20,23)(H,21,22). The zero-order valence-electron chi connectivity index (χ0n) is 13.3. The van der Waals surface area contributed by atoms with Crippen LogP contribution in [0.15, 0.2) is 51.8 Å². The second kappa shape index (κ2) is 6.99. The molecular formula is C18H17BrN2O2S. The molecule has 0 spiro atoms. The maximum atomic E-state index is 12.5. The molecule has 6 heteroatoms. The van der Waals surface area contributed by atoms with Crippen LogP contribution in [0.4, 0.5) is 5.69 Å². The lowest BCUT2D eigenvalue weighted by atomic mass is 10.1. The van der Waals surface area contributed by atoms with Crippen LogP contribution in [0.5, 0.6) is 0 Å². The van der Waals surface area contributed by atoms with Gasteiger partial charge in [0.15, 0.2) is 0 Å². The Kier molecular flexibility index (Phi) is 4.96. The number of halogens is 1. The Morgan fingerprint density at radius 3 is 2.67 bits per heavy atom. The average Bonchev–Trinajstić information content (AvgIpc) is 2.56.